The molecule has 2 heterocycles. The van der Waals surface area contributed by atoms with Gasteiger partial charge in [-0.2, -0.15) is 8.78 Å². The Morgan fingerprint density at radius 3 is 1.44 bits per heavy atom. The number of nitrogens with one attached hydrogen (secondary N) is 1. The number of amides is 5. The van der Waals surface area contributed by atoms with Crippen LogP contribution in [0.5, 0.6) is 11.5 Å². The topological polar surface area (TPSA) is 155 Å². The van der Waals surface area contributed by atoms with Crippen molar-refractivity contribution in [2.45, 2.75) is 182 Å². The number of hydrogen-bond acceptors (Lipinski definition) is 8. The molecule has 5 amide bonds. The second-order valence-corrected chi connectivity index (χ2v) is 19.5. The van der Waals surface area contributed by atoms with Crippen molar-refractivity contribution in [2.24, 2.45) is 5.73 Å². The molecule has 0 radical (unpaired) electrons. The van der Waals surface area contributed by atoms with E-state index in [4.69, 9.17) is 15.2 Å². The highest BCUT2D eigenvalue weighted by molar-refractivity contribution is 6.06. The van der Waals surface area contributed by atoms with Crippen molar-refractivity contribution in [3.8, 4) is 11.5 Å². The number of carbonyl (C=O) groups excluding carboxylic acids is 5. The van der Waals surface area contributed by atoms with E-state index in [1.807, 2.05) is 49.6 Å². The number of halogens is 2. The van der Waals surface area contributed by atoms with Crippen molar-refractivity contribution in [3.63, 3.8) is 0 Å². The molecule has 2 aromatic carbocycles. The second kappa shape index (κ2) is 20.2. The molecule has 64 heavy (non-hydrogen) atoms. The van der Waals surface area contributed by atoms with Gasteiger partial charge in [0.1, 0.15) is 11.5 Å². The number of aryl methyl sites for hydroxylation is 2. The summed E-state index contributed by atoms with van der Waals surface area (Å²) in [6.45, 7) is 19.8. The number of anilines is 2. The summed E-state index contributed by atoms with van der Waals surface area (Å²) in [4.78, 5) is 72.1. The van der Waals surface area contributed by atoms with Gasteiger partial charge < -0.3 is 40.1 Å². The molecule has 6 rings (SSSR count). The Hall–Kier alpha value is -4.79. The van der Waals surface area contributed by atoms with E-state index in [-0.39, 0.29) is 60.9 Å². The summed E-state index contributed by atoms with van der Waals surface area (Å²) in [6, 6.07) is 7.72. The third-order valence-corrected chi connectivity index (χ3v) is 12.8. The molecular weight excluding hydrogens is 823 g/mol. The van der Waals surface area contributed by atoms with E-state index in [9.17, 15) is 32.8 Å². The highest BCUT2D eigenvalue weighted by Crippen LogP contribution is 2.42. The van der Waals surface area contributed by atoms with Gasteiger partial charge in [-0.3, -0.25) is 24.0 Å². The highest BCUT2D eigenvalue weighted by Gasteiger charge is 2.44. The van der Waals surface area contributed by atoms with Crippen LogP contribution in [-0.4, -0.2) is 107 Å². The molecule has 0 aromatic heterocycles. The number of alkyl halides is 2. The number of ether oxygens (including phenoxy) is 2. The molecule has 0 bridgehead atoms. The van der Waals surface area contributed by atoms with Crippen LogP contribution < -0.4 is 30.3 Å². The number of nitrogens with zero attached hydrogens (tertiary/aromatic N) is 4. The minimum Gasteiger partial charge on any atom is -0.476 e. The summed E-state index contributed by atoms with van der Waals surface area (Å²) in [5, 5.41) is 2.17. The Morgan fingerprint density at radius 1 is 0.719 bits per heavy atom. The third-order valence-electron chi connectivity index (χ3n) is 12.8. The number of benzene rings is 2. The molecule has 2 fully saturated rings. The lowest BCUT2D eigenvalue weighted by atomic mass is 9.92. The predicted molar refractivity (Wildman–Crippen MR) is 246 cm³/mol. The van der Waals surface area contributed by atoms with Crippen molar-refractivity contribution < 1.29 is 42.2 Å². The van der Waals surface area contributed by atoms with Gasteiger partial charge in [-0.05, 0) is 130 Å². The number of hydrogen-bond donors (Lipinski definition) is 2. The van der Waals surface area contributed by atoms with Crippen LogP contribution in [0, 0.1) is 13.8 Å². The summed E-state index contributed by atoms with van der Waals surface area (Å²) in [5.74, 6) is -4.42. The second-order valence-electron chi connectivity index (χ2n) is 19.5. The van der Waals surface area contributed by atoms with E-state index in [2.05, 4.69) is 19.2 Å². The number of carbonyl (C=O) groups is 5. The van der Waals surface area contributed by atoms with Crippen molar-refractivity contribution in [2.75, 3.05) is 36.0 Å². The van der Waals surface area contributed by atoms with Gasteiger partial charge in [0, 0.05) is 68.4 Å². The first kappa shape index (κ1) is 50.2. The van der Waals surface area contributed by atoms with Gasteiger partial charge in [0.25, 0.3) is 29.5 Å². The largest absolute Gasteiger partial charge is 0.476 e. The molecule has 0 unspecified atom stereocenters. The van der Waals surface area contributed by atoms with Crippen molar-refractivity contribution in [1.82, 2.24) is 15.1 Å². The summed E-state index contributed by atoms with van der Waals surface area (Å²) in [7, 11) is 0. The summed E-state index contributed by atoms with van der Waals surface area (Å²) >= 11 is 0. The lowest BCUT2D eigenvalue weighted by Gasteiger charge is -2.40. The van der Waals surface area contributed by atoms with Crippen LogP contribution in [0.1, 0.15) is 158 Å². The van der Waals surface area contributed by atoms with Gasteiger partial charge in [-0.15, -0.1) is 0 Å². The van der Waals surface area contributed by atoms with Crippen LogP contribution in [0.3, 0.4) is 0 Å². The molecule has 2 saturated carbocycles. The average molecular weight is 895 g/mol. The molecule has 2 aliphatic heterocycles. The van der Waals surface area contributed by atoms with Crippen LogP contribution >= 0.6 is 0 Å². The fourth-order valence-electron chi connectivity index (χ4n) is 9.54. The minimum absolute atomic E-state index is 0.0138. The highest BCUT2D eigenvalue weighted by atomic mass is 19.3. The van der Waals surface area contributed by atoms with Crippen molar-refractivity contribution >= 4 is 40.9 Å². The maximum absolute atomic E-state index is 13.8. The first-order chi connectivity index (χ1) is 29.9. The Bertz CT molecular complexity index is 2050. The molecule has 15 heteroatoms. The molecule has 3 N–H and O–H groups in total. The van der Waals surface area contributed by atoms with Crippen LogP contribution in [0.2, 0.25) is 0 Å². The van der Waals surface area contributed by atoms with Gasteiger partial charge in [-0.1, -0.05) is 38.5 Å². The summed E-state index contributed by atoms with van der Waals surface area (Å²) in [6.07, 6.45) is 11.0. The van der Waals surface area contributed by atoms with E-state index in [1.54, 1.807) is 44.7 Å². The zero-order valence-corrected chi connectivity index (χ0v) is 40.0. The smallest absolute Gasteiger partial charge is 0.321 e. The van der Waals surface area contributed by atoms with Crippen LogP contribution in [0.15, 0.2) is 24.3 Å². The monoisotopic (exact) mass is 895 g/mol. The average Bonchev–Trinajstić information content (AvgIpc) is 3.21. The maximum atomic E-state index is 13.8. The minimum atomic E-state index is -3.51. The molecule has 2 aliphatic carbocycles. The number of nitrogens with two attached hydrogens (primary N) is 1. The molecule has 0 saturated heterocycles. The quantitative estimate of drug-likeness (QED) is 0.217. The Balaban J connectivity index is 0.000000245. The van der Waals surface area contributed by atoms with E-state index in [1.165, 1.54) is 30.6 Å². The van der Waals surface area contributed by atoms with E-state index >= 15 is 0 Å². The first-order valence-electron chi connectivity index (χ1n) is 23.2. The molecule has 4 aliphatic rings. The molecule has 0 spiro atoms. The molecule has 13 nitrogen and oxygen atoms in total. The van der Waals surface area contributed by atoms with Gasteiger partial charge in [0.2, 0.25) is 0 Å². The van der Waals surface area contributed by atoms with E-state index in [0.717, 1.165) is 49.7 Å². The zero-order chi connectivity index (χ0) is 47.5. The predicted octanol–water partition coefficient (Wildman–Crippen LogP) is 8.09. The maximum Gasteiger partial charge on any atom is 0.321 e. The summed E-state index contributed by atoms with van der Waals surface area (Å²) < 4.78 is 38.4. The normalized spacial score (nSPS) is 18.6. The fraction of sp³-hybridized carbons (Fsp3) is 0.653. The van der Waals surface area contributed by atoms with Crippen LogP contribution in [-0.2, 0) is 14.4 Å². The van der Waals surface area contributed by atoms with Crippen LogP contribution in [0.25, 0.3) is 0 Å². The van der Waals surface area contributed by atoms with E-state index < -0.39 is 23.0 Å². The number of fused-ring (bicyclic) bond motifs is 2. The van der Waals surface area contributed by atoms with Gasteiger partial charge >= 0.3 is 5.92 Å². The van der Waals surface area contributed by atoms with Gasteiger partial charge in [0.05, 0.1) is 11.4 Å². The standard InChI is InChI=1S/C26H37F2N3O4.C23H35N3O3/c1-16(2)31(18-10-8-7-9-11-18)22(32)19-15-20-21(14-17(19)3)35-25(4,5)24(34)30(20)13-12-29-23(33)26(6,27)28;1-15(2)26(17-9-7-6-8-10-17)21(27)18-14-19-20(13-16(18)3)29-23(4,5)22(28)25(19)12-11-24/h14-16,18H,7-13H2,1-6H3,(H,29,33);13-15,17H,6-12,24H2,1-5H3. The van der Waals surface area contributed by atoms with Crippen LogP contribution in [0.4, 0.5) is 20.2 Å². The van der Waals surface area contributed by atoms with Gasteiger partial charge in [-0.25, -0.2) is 0 Å². The summed E-state index contributed by atoms with van der Waals surface area (Å²) in [5.41, 5.74) is 7.39. The Morgan fingerprint density at radius 2 is 1.09 bits per heavy atom. The third kappa shape index (κ3) is 11.0. The Labute approximate surface area is 378 Å². The molecule has 2 aromatic rings. The SMILES string of the molecule is Cc1cc2c(cc1C(=O)N(C(C)C)C1CCCCC1)N(CCN)C(=O)C(C)(C)O2.Cc1cc2c(cc1C(=O)N(C(C)C)C1CCCCC1)N(CCNC(=O)C(C)(F)F)C(=O)C(C)(C)O2. The molecule has 0 atom stereocenters. The Kier molecular flexibility index (Phi) is 15.8. The van der Waals surface area contributed by atoms with E-state index in [0.29, 0.717) is 54.0 Å². The van der Waals surface area contributed by atoms with Crippen molar-refractivity contribution in [3.05, 3.63) is 46.5 Å². The molecule has 354 valence electrons. The van der Waals surface area contributed by atoms with Crippen molar-refractivity contribution in [1.29, 1.82) is 0 Å². The first-order valence-corrected chi connectivity index (χ1v) is 23.2. The molecular formula is C49H72F2N6O7. The van der Waals surface area contributed by atoms with Gasteiger partial charge in [0.15, 0.2) is 11.2 Å². The zero-order valence-electron chi connectivity index (χ0n) is 40.0. The lowest BCUT2D eigenvalue weighted by Crippen LogP contribution is -2.54. The number of rotatable bonds is 12. The fourth-order valence-corrected chi connectivity index (χ4v) is 9.54. The lowest BCUT2D eigenvalue weighted by molar-refractivity contribution is -0.143.